The number of ether oxygens (including phenoxy) is 1. The van der Waals surface area contributed by atoms with Crippen LogP contribution in [0.2, 0.25) is 0 Å². The number of aliphatic hydroxyl groups is 1. The van der Waals surface area contributed by atoms with Gasteiger partial charge in [-0.2, -0.15) is 0 Å². The number of hydrogen-bond acceptors (Lipinski definition) is 3. The molecule has 2 atom stereocenters. The zero-order valence-corrected chi connectivity index (χ0v) is 11.8. The summed E-state index contributed by atoms with van der Waals surface area (Å²) < 4.78 is 5.13. The first kappa shape index (κ1) is 13.1. The number of fused-ring (bicyclic) bond motifs is 2. The summed E-state index contributed by atoms with van der Waals surface area (Å²) in [5.41, 5.74) is 1.59. The van der Waals surface area contributed by atoms with Crippen molar-refractivity contribution in [2.24, 2.45) is 0 Å². The molecule has 19 heavy (non-hydrogen) atoms. The Hall–Kier alpha value is -0.900. The molecular weight excluding hydrogens is 238 g/mol. The van der Waals surface area contributed by atoms with E-state index >= 15 is 0 Å². The molecule has 2 saturated heterocycles. The van der Waals surface area contributed by atoms with Gasteiger partial charge in [0.05, 0.1) is 12.2 Å². The third-order valence-corrected chi connectivity index (χ3v) is 4.93. The molecule has 0 aliphatic carbocycles. The summed E-state index contributed by atoms with van der Waals surface area (Å²) in [4.78, 5) is 2.45. The third kappa shape index (κ3) is 2.31. The number of hydrogen-bond donors (Lipinski definition) is 1. The molecule has 3 heteroatoms. The minimum absolute atomic E-state index is 0.544. The van der Waals surface area contributed by atoms with Crippen molar-refractivity contribution in [1.82, 2.24) is 4.90 Å². The van der Waals surface area contributed by atoms with E-state index in [0.717, 1.165) is 24.0 Å². The second kappa shape index (κ2) is 4.89. The van der Waals surface area contributed by atoms with Gasteiger partial charge >= 0.3 is 0 Å². The molecule has 1 aromatic rings. The van der Waals surface area contributed by atoms with Gasteiger partial charge < -0.3 is 14.7 Å². The predicted molar refractivity (Wildman–Crippen MR) is 74.9 cm³/mol. The highest BCUT2D eigenvalue weighted by molar-refractivity contribution is 5.28. The fraction of sp³-hybridized carbons (Fsp3) is 0.625. The molecule has 1 N–H and O–H groups in total. The maximum absolute atomic E-state index is 11.0. The Morgan fingerprint density at radius 2 is 1.79 bits per heavy atom. The maximum atomic E-state index is 11.0. The Bertz CT molecular complexity index is 429. The first-order chi connectivity index (χ1) is 9.12. The molecule has 0 aromatic heterocycles. The standard InChI is InChI=1S/C16H23NO2/c1-17-14-7-8-15(17)10-16(18,9-14)13-5-3-12(4-6-13)11-19-2/h3-6,14-15,18H,7-11H2,1-2H3. The summed E-state index contributed by atoms with van der Waals surface area (Å²) in [5.74, 6) is 0. The zero-order chi connectivity index (χ0) is 13.5. The Balaban J connectivity index is 1.81. The van der Waals surface area contributed by atoms with Crippen LogP contribution in [0.25, 0.3) is 0 Å². The molecule has 2 bridgehead atoms. The van der Waals surface area contributed by atoms with E-state index < -0.39 is 5.60 Å². The quantitative estimate of drug-likeness (QED) is 0.906. The van der Waals surface area contributed by atoms with Crippen molar-refractivity contribution < 1.29 is 9.84 Å². The van der Waals surface area contributed by atoms with Gasteiger partial charge in [-0.3, -0.25) is 0 Å². The van der Waals surface area contributed by atoms with E-state index in [9.17, 15) is 5.11 Å². The lowest BCUT2D eigenvalue weighted by Gasteiger charge is -2.42. The second-order valence-corrected chi connectivity index (χ2v) is 6.12. The molecule has 2 aliphatic heterocycles. The summed E-state index contributed by atoms with van der Waals surface area (Å²) in [6.07, 6.45) is 4.18. The highest BCUT2D eigenvalue weighted by atomic mass is 16.5. The van der Waals surface area contributed by atoms with Crippen molar-refractivity contribution in [1.29, 1.82) is 0 Å². The van der Waals surface area contributed by atoms with Gasteiger partial charge in [-0.1, -0.05) is 24.3 Å². The van der Waals surface area contributed by atoms with Gasteiger partial charge in [0, 0.05) is 19.2 Å². The molecule has 0 spiro atoms. The second-order valence-electron chi connectivity index (χ2n) is 6.12. The summed E-state index contributed by atoms with van der Waals surface area (Å²) in [6, 6.07) is 9.36. The van der Waals surface area contributed by atoms with Gasteiger partial charge in [-0.25, -0.2) is 0 Å². The van der Waals surface area contributed by atoms with Crippen LogP contribution in [0.15, 0.2) is 24.3 Å². The average Bonchev–Trinajstić information content (AvgIpc) is 2.63. The van der Waals surface area contributed by atoms with E-state index in [1.165, 1.54) is 12.8 Å². The molecule has 2 heterocycles. The number of benzene rings is 1. The van der Waals surface area contributed by atoms with Crippen LogP contribution in [0.5, 0.6) is 0 Å². The molecule has 0 amide bonds. The SMILES string of the molecule is COCc1ccc(C2(O)CC3CCC(C2)N3C)cc1. The highest BCUT2D eigenvalue weighted by Crippen LogP contribution is 2.44. The lowest BCUT2D eigenvalue weighted by Crippen LogP contribution is -2.47. The van der Waals surface area contributed by atoms with E-state index in [1.807, 2.05) is 0 Å². The van der Waals surface area contributed by atoms with Crippen molar-refractivity contribution in [2.45, 2.75) is 50.0 Å². The zero-order valence-electron chi connectivity index (χ0n) is 11.8. The third-order valence-electron chi connectivity index (χ3n) is 4.93. The molecule has 0 saturated carbocycles. The van der Waals surface area contributed by atoms with Gasteiger partial charge in [0.15, 0.2) is 0 Å². The number of rotatable bonds is 3. The largest absolute Gasteiger partial charge is 0.385 e. The average molecular weight is 261 g/mol. The molecule has 1 aromatic carbocycles. The topological polar surface area (TPSA) is 32.7 Å². The van der Waals surface area contributed by atoms with Crippen molar-refractivity contribution in [2.75, 3.05) is 14.2 Å². The predicted octanol–water partition coefficient (Wildman–Crippen LogP) is 2.28. The van der Waals surface area contributed by atoms with Gasteiger partial charge in [-0.05, 0) is 43.9 Å². The molecule has 3 rings (SSSR count). The van der Waals surface area contributed by atoms with Crippen LogP contribution in [0, 0.1) is 0 Å². The maximum Gasteiger partial charge on any atom is 0.0926 e. The smallest absolute Gasteiger partial charge is 0.0926 e. The molecule has 2 fully saturated rings. The van der Waals surface area contributed by atoms with Crippen LogP contribution >= 0.6 is 0 Å². The Labute approximate surface area is 115 Å². The fourth-order valence-electron chi connectivity index (χ4n) is 3.76. The van der Waals surface area contributed by atoms with Crippen LogP contribution in [-0.4, -0.2) is 36.2 Å². The molecule has 3 nitrogen and oxygen atoms in total. The van der Waals surface area contributed by atoms with E-state index in [2.05, 4.69) is 36.2 Å². The Morgan fingerprint density at radius 3 is 2.32 bits per heavy atom. The Morgan fingerprint density at radius 1 is 1.21 bits per heavy atom. The first-order valence-electron chi connectivity index (χ1n) is 7.15. The molecule has 2 unspecified atom stereocenters. The van der Waals surface area contributed by atoms with Gasteiger partial charge in [0.2, 0.25) is 0 Å². The summed E-state index contributed by atoms with van der Waals surface area (Å²) in [6.45, 7) is 0.632. The van der Waals surface area contributed by atoms with Crippen molar-refractivity contribution >= 4 is 0 Å². The summed E-state index contributed by atoms with van der Waals surface area (Å²) >= 11 is 0. The summed E-state index contributed by atoms with van der Waals surface area (Å²) in [7, 11) is 3.90. The Kier molecular flexibility index (Phi) is 3.37. The summed E-state index contributed by atoms with van der Waals surface area (Å²) in [5, 5.41) is 11.0. The lowest BCUT2D eigenvalue weighted by atomic mass is 9.80. The van der Waals surface area contributed by atoms with Crippen LogP contribution in [-0.2, 0) is 16.9 Å². The van der Waals surface area contributed by atoms with Gasteiger partial charge in [-0.15, -0.1) is 0 Å². The monoisotopic (exact) mass is 261 g/mol. The molecule has 0 radical (unpaired) electrons. The van der Waals surface area contributed by atoms with Crippen LogP contribution < -0.4 is 0 Å². The molecule has 2 aliphatic rings. The normalized spacial score (nSPS) is 34.7. The van der Waals surface area contributed by atoms with Crippen molar-refractivity contribution in [3.63, 3.8) is 0 Å². The number of methoxy groups -OCH3 is 1. The molecule has 104 valence electrons. The van der Waals surface area contributed by atoms with E-state index in [1.54, 1.807) is 7.11 Å². The number of nitrogens with zero attached hydrogens (tertiary/aromatic N) is 1. The molecular formula is C16H23NO2. The minimum atomic E-state index is -0.635. The van der Waals surface area contributed by atoms with E-state index in [-0.39, 0.29) is 0 Å². The minimum Gasteiger partial charge on any atom is -0.385 e. The van der Waals surface area contributed by atoms with Crippen molar-refractivity contribution in [3.8, 4) is 0 Å². The van der Waals surface area contributed by atoms with Crippen LogP contribution in [0.3, 0.4) is 0 Å². The van der Waals surface area contributed by atoms with E-state index in [0.29, 0.717) is 18.7 Å². The first-order valence-corrected chi connectivity index (χ1v) is 7.15. The van der Waals surface area contributed by atoms with Gasteiger partial charge in [0.1, 0.15) is 0 Å². The van der Waals surface area contributed by atoms with Crippen LogP contribution in [0.4, 0.5) is 0 Å². The van der Waals surface area contributed by atoms with Gasteiger partial charge in [0.25, 0.3) is 0 Å². The lowest BCUT2D eigenvalue weighted by molar-refractivity contribution is -0.0493. The van der Waals surface area contributed by atoms with Crippen LogP contribution in [0.1, 0.15) is 36.8 Å². The number of piperidine rings is 1. The van der Waals surface area contributed by atoms with E-state index in [4.69, 9.17) is 4.74 Å². The van der Waals surface area contributed by atoms with Crippen molar-refractivity contribution in [3.05, 3.63) is 35.4 Å². The fourth-order valence-corrected chi connectivity index (χ4v) is 3.76. The highest BCUT2D eigenvalue weighted by Gasteiger charge is 2.46.